The Bertz CT molecular complexity index is 1230. The lowest BCUT2D eigenvalue weighted by molar-refractivity contribution is 0.0995. The third-order valence-corrected chi connectivity index (χ3v) is 7.91. The first-order valence-corrected chi connectivity index (χ1v) is 11.3. The van der Waals surface area contributed by atoms with Crippen LogP contribution in [-0.2, 0) is 22.9 Å². The highest BCUT2D eigenvalue weighted by molar-refractivity contribution is 7.89. The lowest BCUT2D eigenvalue weighted by Crippen LogP contribution is -2.28. The second kappa shape index (κ2) is 6.71. The van der Waals surface area contributed by atoms with Gasteiger partial charge in [0.2, 0.25) is 10.0 Å². The summed E-state index contributed by atoms with van der Waals surface area (Å²) in [5.41, 5.74) is 3.29. The van der Waals surface area contributed by atoms with Gasteiger partial charge in [-0.05, 0) is 55.2 Å². The molecule has 150 valence electrons. The van der Waals surface area contributed by atoms with Crippen LogP contribution in [0.2, 0.25) is 0 Å². The topological polar surface area (TPSA) is 79.6 Å². The van der Waals surface area contributed by atoms with Crippen LogP contribution in [0.5, 0.6) is 0 Å². The van der Waals surface area contributed by atoms with E-state index in [2.05, 4.69) is 11.4 Å². The van der Waals surface area contributed by atoms with Gasteiger partial charge in [0, 0.05) is 30.2 Å². The number of nitrogens with one attached hydrogen (secondary N) is 1. The molecule has 1 aromatic heterocycles. The molecule has 0 radical (unpaired) electrons. The molecule has 2 aliphatic rings. The third-order valence-electron chi connectivity index (χ3n) is 5.90. The normalized spacial score (nSPS) is 16.6. The molecular formula is C22H22N2O4S. The van der Waals surface area contributed by atoms with Gasteiger partial charge in [-0.2, -0.15) is 4.31 Å². The average molecular weight is 410 g/mol. The van der Waals surface area contributed by atoms with Gasteiger partial charge in [-0.1, -0.05) is 24.3 Å². The van der Waals surface area contributed by atoms with E-state index in [1.165, 1.54) is 26.9 Å². The Labute approximate surface area is 169 Å². The number of hydrogen-bond acceptors (Lipinski definition) is 4. The van der Waals surface area contributed by atoms with Gasteiger partial charge in [0.15, 0.2) is 5.76 Å². The van der Waals surface area contributed by atoms with E-state index in [4.69, 9.17) is 4.42 Å². The van der Waals surface area contributed by atoms with Crippen LogP contribution in [0, 0.1) is 6.92 Å². The minimum absolute atomic E-state index is 0.00326. The molecule has 3 aromatic rings. The molecule has 0 spiro atoms. The summed E-state index contributed by atoms with van der Waals surface area (Å²) >= 11 is 0. The zero-order valence-electron chi connectivity index (χ0n) is 16.2. The first kappa shape index (κ1) is 18.4. The molecule has 5 rings (SSSR count). The Morgan fingerprint density at radius 2 is 1.79 bits per heavy atom. The van der Waals surface area contributed by atoms with E-state index in [-0.39, 0.29) is 16.4 Å². The van der Waals surface area contributed by atoms with Crippen molar-refractivity contribution in [3.05, 3.63) is 59.0 Å². The Hall–Kier alpha value is -2.64. The summed E-state index contributed by atoms with van der Waals surface area (Å²) in [5.74, 6) is -0.208. The number of furan rings is 1. The van der Waals surface area contributed by atoms with Gasteiger partial charge in [-0.3, -0.25) is 4.79 Å². The van der Waals surface area contributed by atoms with Crippen LogP contribution in [0.4, 0.5) is 5.69 Å². The summed E-state index contributed by atoms with van der Waals surface area (Å²) in [6.07, 6.45) is 3.74. The lowest BCUT2D eigenvalue weighted by atomic mass is 10.0. The summed E-state index contributed by atoms with van der Waals surface area (Å²) in [5, 5.41) is 5.11. The summed E-state index contributed by atoms with van der Waals surface area (Å²) in [6, 6.07) is 11.4. The minimum atomic E-state index is -3.63. The number of aryl methyl sites for hydroxylation is 3. The number of carbonyl (C=O) groups is 1. The van der Waals surface area contributed by atoms with Crippen LogP contribution < -0.4 is 5.32 Å². The summed E-state index contributed by atoms with van der Waals surface area (Å²) in [7, 11) is -3.63. The molecule has 1 aliphatic heterocycles. The molecule has 0 bridgehead atoms. The number of anilines is 1. The maximum atomic E-state index is 12.8. The highest BCUT2D eigenvalue weighted by Crippen LogP contribution is 2.35. The molecule has 1 amide bonds. The molecule has 29 heavy (non-hydrogen) atoms. The van der Waals surface area contributed by atoms with Crippen LogP contribution in [0.15, 0.2) is 45.7 Å². The van der Waals surface area contributed by atoms with Crippen molar-refractivity contribution in [2.75, 3.05) is 18.4 Å². The fourth-order valence-corrected chi connectivity index (χ4v) is 6.12. The Morgan fingerprint density at radius 1 is 1.07 bits per heavy atom. The van der Waals surface area contributed by atoms with Crippen LogP contribution >= 0.6 is 0 Å². The third kappa shape index (κ3) is 2.96. The van der Waals surface area contributed by atoms with Crippen LogP contribution in [0.25, 0.3) is 10.8 Å². The van der Waals surface area contributed by atoms with Crippen molar-refractivity contribution in [1.29, 1.82) is 0 Å². The van der Waals surface area contributed by atoms with Crippen LogP contribution in [0.3, 0.4) is 0 Å². The number of hydrogen-bond donors (Lipinski definition) is 1. The number of benzene rings is 2. The van der Waals surface area contributed by atoms with E-state index in [1.807, 2.05) is 24.3 Å². The smallest absolute Gasteiger partial charge is 0.291 e. The highest BCUT2D eigenvalue weighted by atomic mass is 32.2. The van der Waals surface area contributed by atoms with E-state index in [1.54, 1.807) is 6.92 Å². The number of sulfonamides is 1. The number of rotatable bonds is 4. The van der Waals surface area contributed by atoms with Gasteiger partial charge in [0.1, 0.15) is 10.7 Å². The molecule has 2 aromatic carbocycles. The maximum Gasteiger partial charge on any atom is 0.291 e. The number of carbonyl (C=O) groups excluding carboxylic acids is 1. The maximum absolute atomic E-state index is 12.8. The number of nitrogens with zero attached hydrogens (tertiary/aromatic N) is 1. The van der Waals surface area contributed by atoms with Crippen molar-refractivity contribution < 1.29 is 17.6 Å². The fraction of sp³-hybridized carbons (Fsp3) is 0.318. The number of amides is 1. The fourth-order valence-electron chi connectivity index (χ4n) is 4.44. The van der Waals surface area contributed by atoms with Gasteiger partial charge in [-0.15, -0.1) is 0 Å². The Morgan fingerprint density at radius 3 is 2.55 bits per heavy atom. The summed E-state index contributed by atoms with van der Waals surface area (Å²) in [4.78, 5) is 12.9. The van der Waals surface area contributed by atoms with E-state index >= 15 is 0 Å². The van der Waals surface area contributed by atoms with Gasteiger partial charge in [0.25, 0.3) is 5.91 Å². The standard InChI is InChI=1S/C22H22N2O4S/c1-14-20(29(26,27)24-11-2-3-12-24)13-19(28-14)22(25)23-18-10-9-16-8-7-15-5-4-6-17(18)21(15)16/h4-6,9-10,13H,2-3,7-8,11-12H2,1H3,(H,23,25). The largest absolute Gasteiger partial charge is 0.455 e. The average Bonchev–Trinajstić information content (AvgIpc) is 3.44. The predicted molar refractivity (Wildman–Crippen MR) is 111 cm³/mol. The van der Waals surface area contributed by atoms with Crippen molar-refractivity contribution in [2.45, 2.75) is 37.5 Å². The predicted octanol–water partition coefficient (Wildman–Crippen LogP) is 3.88. The monoisotopic (exact) mass is 410 g/mol. The second-order valence-electron chi connectivity index (χ2n) is 7.71. The van der Waals surface area contributed by atoms with Gasteiger partial charge < -0.3 is 9.73 Å². The molecule has 2 heterocycles. The quantitative estimate of drug-likeness (QED) is 0.708. The van der Waals surface area contributed by atoms with Crippen molar-refractivity contribution in [2.24, 2.45) is 0 Å². The van der Waals surface area contributed by atoms with Crippen molar-refractivity contribution in [3.8, 4) is 0 Å². The van der Waals surface area contributed by atoms with E-state index < -0.39 is 15.9 Å². The molecule has 6 nitrogen and oxygen atoms in total. The second-order valence-corrected chi connectivity index (χ2v) is 9.61. The van der Waals surface area contributed by atoms with Crippen molar-refractivity contribution in [3.63, 3.8) is 0 Å². The first-order chi connectivity index (χ1) is 13.9. The summed E-state index contributed by atoms with van der Waals surface area (Å²) < 4.78 is 32.7. The first-order valence-electron chi connectivity index (χ1n) is 9.90. The molecule has 0 unspecified atom stereocenters. The Balaban J connectivity index is 1.47. The molecule has 7 heteroatoms. The molecule has 1 aliphatic carbocycles. The van der Waals surface area contributed by atoms with Gasteiger partial charge >= 0.3 is 0 Å². The van der Waals surface area contributed by atoms with Crippen LogP contribution in [0.1, 0.15) is 40.3 Å². The van der Waals surface area contributed by atoms with E-state index in [0.29, 0.717) is 18.8 Å². The minimum Gasteiger partial charge on any atom is -0.455 e. The molecule has 1 saturated heterocycles. The lowest BCUT2D eigenvalue weighted by Gasteiger charge is -2.14. The molecule has 0 saturated carbocycles. The zero-order chi connectivity index (χ0) is 20.2. The van der Waals surface area contributed by atoms with Gasteiger partial charge in [0.05, 0.1) is 0 Å². The van der Waals surface area contributed by atoms with Gasteiger partial charge in [-0.25, -0.2) is 8.42 Å². The molecule has 1 fully saturated rings. The van der Waals surface area contributed by atoms with Crippen molar-refractivity contribution in [1.82, 2.24) is 4.31 Å². The van der Waals surface area contributed by atoms with E-state index in [0.717, 1.165) is 31.1 Å². The van der Waals surface area contributed by atoms with Crippen molar-refractivity contribution >= 4 is 32.4 Å². The SMILES string of the molecule is Cc1oc(C(=O)Nc2ccc3c4c(cccc24)CC3)cc1S(=O)(=O)N1CCCC1. The molecule has 1 N–H and O–H groups in total. The van der Waals surface area contributed by atoms with E-state index in [9.17, 15) is 13.2 Å². The van der Waals surface area contributed by atoms with Crippen LogP contribution in [-0.4, -0.2) is 31.7 Å². The zero-order valence-corrected chi connectivity index (χ0v) is 17.0. The molecule has 0 atom stereocenters. The molecular weight excluding hydrogens is 388 g/mol. The highest BCUT2D eigenvalue weighted by Gasteiger charge is 2.32. The summed E-state index contributed by atoms with van der Waals surface area (Å²) in [6.45, 7) is 2.60. The Kier molecular flexibility index (Phi) is 4.26.